The van der Waals surface area contributed by atoms with Crippen molar-refractivity contribution in [2.24, 2.45) is 5.41 Å². The van der Waals surface area contributed by atoms with Crippen LogP contribution in [0.1, 0.15) is 19.3 Å². The van der Waals surface area contributed by atoms with E-state index in [1.807, 2.05) is 4.90 Å². The van der Waals surface area contributed by atoms with E-state index in [1.165, 1.54) is 0 Å². The summed E-state index contributed by atoms with van der Waals surface area (Å²) in [4.78, 5) is 21.3. The molecule has 0 aromatic carbocycles. The molecular formula is C16H21Cl2N3O2. The highest BCUT2D eigenvalue weighted by molar-refractivity contribution is 6.36. The van der Waals surface area contributed by atoms with E-state index in [-0.39, 0.29) is 11.3 Å². The molecule has 1 aromatic rings. The van der Waals surface area contributed by atoms with Gasteiger partial charge in [0.25, 0.3) is 0 Å². The van der Waals surface area contributed by atoms with E-state index < -0.39 is 0 Å². The summed E-state index contributed by atoms with van der Waals surface area (Å²) >= 11 is 12.2. The van der Waals surface area contributed by atoms with Crippen LogP contribution in [0.25, 0.3) is 0 Å². The fourth-order valence-electron chi connectivity index (χ4n) is 3.64. The van der Waals surface area contributed by atoms with Crippen LogP contribution >= 0.6 is 23.2 Å². The van der Waals surface area contributed by atoms with Crippen LogP contribution in [-0.4, -0.2) is 55.7 Å². The number of ether oxygens (including phenoxy) is 1. The van der Waals surface area contributed by atoms with Crippen molar-refractivity contribution in [3.8, 4) is 0 Å². The van der Waals surface area contributed by atoms with Crippen LogP contribution in [0.15, 0.2) is 12.3 Å². The SMILES string of the molecule is COCCN1CCCC2(CCN(c3ncc(Cl)cc3Cl)C2)C1=O. The summed E-state index contributed by atoms with van der Waals surface area (Å²) in [7, 11) is 1.66. The standard InChI is InChI=1S/C16H21Cl2N3O2/c1-23-8-7-20-5-2-3-16(15(20)22)4-6-21(11-16)14-13(18)9-12(17)10-19-14/h9-10H,2-8,11H2,1H3. The van der Waals surface area contributed by atoms with Gasteiger partial charge in [0.05, 0.1) is 22.1 Å². The number of rotatable bonds is 4. The molecule has 1 aromatic heterocycles. The second-order valence-electron chi connectivity index (χ2n) is 6.30. The Kier molecular flexibility index (Phi) is 4.99. The third-order valence-electron chi connectivity index (χ3n) is 4.83. The average molecular weight is 358 g/mol. The van der Waals surface area contributed by atoms with Crippen LogP contribution in [0.5, 0.6) is 0 Å². The van der Waals surface area contributed by atoms with Gasteiger partial charge in [-0.25, -0.2) is 4.98 Å². The van der Waals surface area contributed by atoms with Crippen LogP contribution in [0.2, 0.25) is 10.0 Å². The summed E-state index contributed by atoms with van der Waals surface area (Å²) in [6.07, 6.45) is 4.40. The van der Waals surface area contributed by atoms with Gasteiger partial charge in [-0.1, -0.05) is 23.2 Å². The first-order chi connectivity index (χ1) is 11.1. The van der Waals surface area contributed by atoms with Crippen molar-refractivity contribution in [3.05, 3.63) is 22.3 Å². The first-order valence-corrected chi connectivity index (χ1v) is 8.66. The van der Waals surface area contributed by atoms with Gasteiger partial charge in [-0.2, -0.15) is 0 Å². The Morgan fingerprint density at radius 2 is 2.17 bits per heavy atom. The largest absolute Gasteiger partial charge is 0.383 e. The average Bonchev–Trinajstić information content (AvgIpc) is 2.94. The lowest BCUT2D eigenvalue weighted by molar-refractivity contribution is -0.145. The molecule has 3 heterocycles. The minimum atomic E-state index is -0.309. The number of hydrogen-bond donors (Lipinski definition) is 0. The van der Waals surface area contributed by atoms with E-state index in [1.54, 1.807) is 19.4 Å². The molecule has 1 atom stereocenters. The number of amides is 1. The molecule has 0 aliphatic carbocycles. The fraction of sp³-hybridized carbons (Fsp3) is 0.625. The van der Waals surface area contributed by atoms with E-state index in [0.29, 0.717) is 29.7 Å². The minimum Gasteiger partial charge on any atom is -0.383 e. The quantitative estimate of drug-likeness (QED) is 0.830. The smallest absolute Gasteiger partial charge is 0.230 e. The van der Waals surface area contributed by atoms with Crippen molar-refractivity contribution in [2.45, 2.75) is 19.3 Å². The van der Waals surface area contributed by atoms with Crippen LogP contribution in [0.4, 0.5) is 5.82 Å². The number of likely N-dealkylation sites (tertiary alicyclic amines) is 1. The summed E-state index contributed by atoms with van der Waals surface area (Å²) in [6.45, 7) is 3.53. The molecule has 0 radical (unpaired) electrons. The van der Waals surface area contributed by atoms with Gasteiger partial charge in [0.1, 0.15) is 5.82 Å². The van der Waals surface area contributed by atoms with Crippen LogP contribution in [0, 0.1) is 5.41 Å². The third-order valence-corrected chi connectivity index (χ3v) is 5.32. The summed E-state index contributed by atoms with van der Waals surface area (Å²) < 4.78 is 5.12. The summed E-state index contributed by atoms with van der Waals surface area (Å²) in [6, 6.07) is 1.70. The molecule has 23 heavy (non-hydrogen) atoms. The molecule has 2 aliphatic rings. The van der Waals surface area contributed by atoms with Crippen molar-refractivity contribution in [1.82, 2.24) is 9.88 Å². The highest BCUT2D eigenvalue weighted by atomic mass is 35.5. The fourth-order valence-corrected chi connectivity index (χ4v) is 4.14. The molecule has 2 aliphatic heterocycles. The Hall–Kier alpha value is -1.04. The molecule has 1 unspecified atom stereocenters. The number of carbonyl (C=O) groups is 1. The molecule has 7 heteroatoms. The van der Waals surface area contributed by atoms with Gasteiger partial charge in [0.15, 0.2) is 0 Å². The predicted octanol–water partition coefficient (Wildman–Crippen LogP) is 2.85. The van der Waals surface area contributed by atoms with Gasteiger partial charge >= 0.3 is 0 Å². The molecule has 2 saturated heterocycles. The Bertz CT molecular complexity index is 599. The third kappa shape index (κ3) is 3.28. The Labute approximate surface area is 146 Å². The molecule has 0 bridgehead atoms. The molecule has 2 fully saturated rings. The zero-order valence-corrected chi connectivity index (χ0v) is 14.7. The number of nitrogens with zero attached hydrogens (tertiary/aromatic N) is 3. The molecule has 0 N–H and O–H groups in total. The van der Waals surface area contributed by atoms with Crippen molar-refractivity contribution >= 4 is 34.9 Å². The maximum atomic E-state index is 12.9. The summed E-state index contributed by atoms with van der Waals surface area (Å²) in [5.74, 6) is 0.961. The van der Waals surface area contributed by atoms with Crippen LogP contribution in [0.3, 0.4) is 0 Å². The highest BCUT2D eigenvalue weighted by Crippen LogP contribution is 2.42. The normalized spacial score (nSPS) is 24.7. The number of aromatic nitrogens is 1. The van der Waals surface area contributed by atoms with E-state index in [4.69, 9.17) is 27.9 Å². The lowest BCUT2D eigenvalue weighted by Crippen LogP contribution is -2.51. The van der Waals surface area contributed by atoms with Gasteiger partial charge in [-0.15, -0.1) is 0 Å². The topological polar surface area (TPSA) is 45.7 Å². The molecule has 5 nitrogen and oxygen atoms in total. The molecule has 1 amide bonds. The highest BCUT2D eigenvalue weighted by Gasteiger charge is 2.48. The van der Waals surface area contributed by atoms with Crippen molar-refractivity contribution < 1.29 is 9.53 Å². The lowest BCUT2D eigenvalue weighted by Gasteiger charge is -2.39. The van der Waals surface area contributed by atoms with Gasteiger partial charge in [-0.3, -0.25) is 4.79 Å². The monoisotopic (exact) mass is 357 g/mol. The molecule has 3 rings (SSSR count). The van der Waals surface area contributed by atoms with Gasteiger partial charge < -0.3 is 14.5 Å². The minimum absolute atomic E-state index is 0.244. The molecule has 1 spiro atoms. The van der Waals surface area contributed by atoms with E-state index in [0.717, 1.165) is 38.2 Å². The van der Waals surface area contributed by atoms with E-state index in [2.05, 4.69) is 9.88 Å². The zero-order valence-electron chi connectivity index (χ0n) is 13.2. The van der Waals surface area contributed by atoms with E-state index in [9.17, 15) is 4.79 Å². The number of anilines is 1. The van der Waals surface area contributed by atoms with Gasteiger partial charge in [0.2, 0.25) is 5.91 Å². The van der Waals surface area contributed by atoms with Crippen LogP contribution < -0.4 is 4.90 Å². The number of carbonyl (C=O) groups excluding carboxylic acids is 1. The van der Waals surface area contributed by atoms with Crippen molar-refractivity contribution in [2.75, 3.05) is 44.8 Å². The maximum absolute atomic E-state index is 12.9. The lowest BCUT2D eigenvalue weighted by atomic mass is 9.78. The zero-order chi connectivity index (χ0) is 16.4. The van der Waals surface area contributed by atoms with Crippen molar-refractivity contribution in [3.63, 3.8) is 0 Å². The number of methoxy groups -OCH3 is 1. The second kappa shape index (κ2) is 6.83. The first-order valence-electron chi connectivity index (χ1n) is 7.90. The Balaban J connectivity index is 1.76. The Morgan fingerprint density at radius 3 is 2.91 bits per heavy atom. The van der Waals surface area contributed by atoms with Gasteiger partial charge in [0, 0.05) is 39.5 Å². The summed E-state index contributed by atoms with van der Waals surface area (Å²) in [5.41, 5.74) is -0.309. The summed E-state index contributed by atoms with van der Waals surface area (Å²) in [5, 5.41) is 1.06. The number of pyridine rings is 1. The maximum Gasteiger partial charge on any atom is 0.230 e. The van der Waals surface area contributed by atoms with Crippen molar-refractivity contribution in [1.29, 1.82) is 0 Å². The van der Waals surface area contributed by atoms with Gasteiger partial charge in [-0.05, 0) is 25.3 Å². The number of hydrogen-bond acceptors (Lipinski definition) is 4. The molecule has 0 saturated carbocycles. The molecule has 126 valence electrons. The molecular weight excluding hydrogens is 337 g/mol. The Morgan fingerprint density at radius 1 is 1.35 bits per heavy atom. The second-order valence-corrected chi connectivity index (χ2v) is 7.14. The number of halogens is 2. The predicted molar refractivity (Wildman–Crippen MR) is 91.2 cm³/mol. The first kappa shape index (κ1) is 16.8. The van der Waals surface area contributed by atoms with E-state index >= 15 is 0 Å². The number of piperidine rings is 1. The van der Waals surface area contributed by atoms with Crippen LogP contribution in [-0.2, 0) is 9.53 Å².